The molecule has 0 bridgehead atoms. The third-order valence-corrected chi connectivity index (χ3v) is 1.64. The summed E-state index contributed by atoms with van der Waals surface area (Å²) in [5.41, 5.74) is 1.73. The Hall–Kier alpha value is -1.11. The molecule has 0 aromatic carbocycles. The molecule has 0 saturated carbocycles. The minimum Gasteiger partial charge on any atom is -0.298 e. The minimum absolute atomic E-state index is 0.491. The van der Waals surface area contributed by atoms with Gasteiger partial charge in [-0.3, -0.25) is 4.79 Å². The summed E-state index contributed by atoms with van der Waals surface area (Å²) in [4.78, 5) is 10.2. The first kappa shape index (κ1) is 10.9. The summed E-state index contributed by atoms with van der Waals surface area (Å²) < 4.78 is 0. The summed E-state index contributed by atoms with van der Waals surface area (Å²) >= 11 is 0. The number of aldehydes is 1. The maximum Gasteiger partial charge on any atom is 0.149 e. The van der Waals surface area contributed by atoms with Gasteiger partial charge < -0.3 is 0 Å². The lowest BCUT2D eigenvalue weighted by Gasteiger charge is -2.03. The Labute approximate surface area is 74.5 Å². The summed E-state index contributed by atoms with van der Waals surface area (Å²) in [6, 6.07) is 0. The molecule has 0 atom stereocenters. The van der Waals surface area contributed by atoms with E-state index in [9.17, 15) is 4.79 Å². The van der Waals surface area contributed by atoms with Crippen LogP contribution in [0.25, 0.3) is 0 Å². The Balaban J connectivity index is 4.31. The lowest BCUT2D eigenvalue weighted by molar-refractivity contribution is -0.104. The summed E-state index contributed by atoms with van der Waals surface area (Å²) in [7, 11) is 0. The van der Waals surface area contributed by atoms with Crippen LogP contribution in [0.5, 0.6) is 0 Å². The maximum atomic E-state index is 10.2. The quantitative estimate of drug-likeness (QED) is 0.355. The summed E-state index contributed by atoms with van der Waals surface area (Å²) in [6.07, 6.45) is 6.47. The van der Waals surface area contributed by atoms with Gasteiger partial charge in [0.2, 0.25) is 0 Å². The fraction of sp³-hybridized carbons (Fsp3) is 0.364. The second kappa shape index (κ2) is 5.53. The molecule has 0 aliphatic carbocycles. The van der Waals surface area contributed by atoms with Gasteiger partial charge in [-0.05, 0) is 18.4 Å². The number of allylic oxidation sites excluding steroid dienone is 5. The largest absolute Gasteiger partial charge is 0.298 e. The van der Waals surface area contributed by atoms with Crippen molar-refractivity contribution in [3.05, 3.63) is 36.0 Å². The van der Waals surface area contributed by atoms with E-state index in [-0.39, 0.29) is 0 Å². The molecule has 0 heterocycles. The molecule has 0 unspecified atom stereocenters. The molecule has 0 aliphatic heterocycles. The van der Waals surface area contributed by atoms with E-state index < -0.39 is 0 Å². The lowest BCUT2D eigenvalue weighted by Crippen LogP contribution is -1.89. The smallest absolute Gasteiger partial charge is 0.149 e. The van der Waals surface area contributed by atoms with Crippen molar-refractivity contribution in [2.45, 2.75) is 20.8 Å². The van der Waals surface area contributed by atoms with E-state index in [0.29, 0.717) is 11.5 Å². The third kappa shape index (κ3) is 3.91. The van der Waals surface area contributed by atoms with Gasteiger partial charge in [-0.2, -0.15) is 0 Å². The minimum atomic E-state index is 0.491. The van der Waals surface area contributed by atoms with E-state index in [1.54, 1.807) is 6.08 Å². The molecule has 0 aromatic rings. The molecule has 0 saturated heterocycles. The Morgan fingerprint density at radius 3 is 2.25 bits per heavy atom. The van der Waals surface area contributed by atoms with Gasteiger partial charge in [0.1, 0.15) is 6.29 Å². The van der Waals surface area contributed by atoms with Crippen molar-refractivity contribution < 1.29 is 4.79 Å². The zero-order valence-electron chi connectivity index (χ0n) is 8.00. The van der Waals surface area contributed by atoms with Crippen molar-refractivity contribution >= 4 is 6.29 Å². The average molecular weight is 164 g/mol. The van der Waals surface area contributed by atoms with Crippen LogP contribution in [0.15, 0.2) is 36.0 Å². The molecule has 0 N–H and O–H groups in total. The average Bonchev–Trinajstić information content (AvgIpc) is 2.04. The first-order valence-corrected chi connectivity index (χ1v) is 4.10. The number of carbonyl (C=O) groups is 1. The number of rotatable bonds is 4. The first-order chi connectivity index (χ1) is 5.61. The zero-order valence-corrected chi connectivity index (χ0v) is 8.00. The first-order valence-electron chi connectivity index (χ1n) is 4.10. The van der Waals surface area contributed by atoms with Crippen LogP contribution in [0.2, 0.25) is 0 Å². The molecule has 0 rings (SSSR count). The Kier molecular flexibility index (Phi) is 5.02. The molecule has 0 aromatic heterocycles. The highest BCUT2D eigenvalue weighted by atomic mass is 16.1. The van der Waals surface area contributed by atoms with E-state index in [2.05, 4.69) is 20.4 Å². The highest BCUT2D eigenvalue weighted by Gasteiger charge is 1.96. The second-order valence-corrected chi connectivity index (χ2v) is 2.97. The van der Waals surface area contributed by atoms with E-state index in [1.165, 1.54) is 5.57 Å². The van der Waals surface area contributed by atoms with Gasteiger partial charge in [0.05, 0.1) is 0 Å². The van der Waals surface area contributed by atoms with Crippen LogP contribution in [0, 0.1) is 5.92 Å². The molecule has 66 valence electrons. The number of hydrogen-bond donors (Lipinski definition) is 0. The molecule has 0 aliphatic rings. The highest BCUT2D eigenvalue weighted by Crippen LogP contribution is 2.10. The standard InChI is InChI=1S/C11H16O/c1-5-11(9(2)3)7-6-10(4)8-12/h5-9H,4H2,1-3H3. The van der Waals surface area contributed by atoms with Crippen molar-refractivity contribution in [2.75, 3.05) is 0 Å². The normalized spacial score (nSPS) is 12.5. The maximum absolute atomic E-state index is 10.2. The Morgan fingerprint density at radius 1 is 1.33 bits per heavy atom. The Morgan fingerprint density at radius 2 is 1.92 bits per heavy atom. The SMILES string of the molecule is C=C(C=O)C=CC(=CC)C(C)C. The zero-order chi connectivity index (χ0) is 9.56. The van der Waals surface area contributed by atoms with E-state index in [0.717, 1.165) is 6.29 Å². The highest BCUT2D eigenvalue weighted by molar-refractivity contribution is 5.76. The van der Waals surface area contributed by atoms with E-state index in [4.69, 9.17) is 0 Å². The van der Waals surface area contributed by atoms with Crippen LogP contribution >= 0.6 is 0 Å². The van der Waals surface area contributed by atoms with Gasteiger partial charge in [0.15, 0.2) is 0 Å². The van der Waals surface area contributed by atoms with Crippen LogP contribution in [0.1, 0.15) is 20.8 Å². The molecule has 1 heteroatoms. The van der Waals surface area contributed by atoms with Gasteiger partial charge in [-0.25, -0.2) is 0 Å². The van der Waals surface area contributed by atoms with E-state index >= 15 is 0 Å². The van der Waals surface area contributed by atoms with E-state index in [1.807, 2.05) is 19.1 Å². The molecule has 1 nitrogen and oxygen atoms in total. The van der Waals surface area contributed by atoms with Gasteiger partial charge in [0.25, 0.3) is 0 Å². The third-order valence-electron chi connectivity index (χ3n) is 1.64. The van der Waals surface area contributed by atoms with Gasteiger partial charge in [0, 0.05) is 5.57 Å². The van der Waals surface area contributed by atoms with Crippen molar-refractivity contribution in [2.24, 2.45) is 5.92 Å². The summed E-state index contributed by atoms with van der Waals surface area (Å²) in [6.45, 7) is 9.77. The van der Waals surface area contributed by atoms with Gasteiger partial charge >= 0.3 is 0 Å². The molecular formula is C11H16O. The topological polar surface area (TPSA) is 17.1 Å². The molecule has 12 heavy (non-hydrogen) atoms. The van der Waals surface area contributed by atoms with Crippen LogP contribution in [-0.4, -0.2) is 6.29 Å². The summed E-state index contributed by atoms with van der Waals surface area (Å²) in [5, 5.41) is 0. The summed E-state index contributed by atoms with van der Waals surface area (Å²) in [5.74, 6) is 0.491. The molecular weight excluding hydrogens is 148 g/mol. The van der Waals surface area contributed by atoms with Crippen LogP contribution in [0.4, 0.5) is 0 Å². The lowest BCUT2D eigenvalue weighted by atomic mass is 10.0. The van der Waals surface area contributed by atoms with Crippen LogP contribution in [0.3, 0.4) is 0 Å². The van der Waals surface area contributed by atoms with Crippen LogP contribution in [-0.2, 0) is 4.79 Å². The van der Waals surface area contributed by atoms with Crippen molar-refractivity contribution in [1.82, 2.24) is 0 Å². The van der Waals surface area contributed by atoms with Gasteiger partial charge in [-0.1, -0.05) is 38.7 Å². The molecule has 0 amide bonds. The van der Waals surface area contributed by atoms with Crippen molar-refractivity contribution in [3.63, 3.8) is 0 Å². The second-order valence-electron chi connectivity index (χ2n) is 2.97. The predicted octanol–water partition coefficient (Wildman–Crippen LogP) is 2.90. The van der Waals surface area contributed by atoms with Crippen LogP contribution < -0.4 is 0 Å². The molecule has 0 spiro atoms. The fourth-order valence-corrected chi connectivity index (χ4v) is 0.865. The fourth-order valence-electron chi connectivity index (χ4n) is 0.865. The molecule has 0 fully saturated rings. The van der Waals surface area contributed by atoms with Crippen molar-refractivity contribution in [1.29, 1.82) is 0 Å². The monoisotopic (exact) mass is 164 g/mol. The number of carbonyl (C=O) groups excluding carboxylic acids is 1. The predicted molar refractivity (Wildman–Crippen MR) is 52.9 cm³/mol. The van der Waals surface area contributed by atoms with Crippen molar-refractivity contribution in [3.8, 4) is 0 Å². The Bertz CT molecular complexity index is 219. The van der Waals surface area contributed by atoms with Gasteiger partial charge in [-0.15, -0.1) is 0 Å². The molecule has 0 radical (unpaired) electrons. The number of hydrogen-bond acceptors (Lipinski definition) is 1.